The van der Waals surface area contributed by atoms with E-state index in [1.807, 2.05) is 0 Å². The Kier molecular flexibility index (Phi) is 64.0. The molecule has 0 spiro atoms. The third-order valence-electron chi connectivity index (χ3n) is 15.7. The molecule has 2 nitrogen and oxygen atoms in total. The smallest absolute Gasteiger partial charge is 0.305 e. The van der Waals surface area contributed by atoms with E-state index < -0.39 is 0 Å². The number of hydrogen-bond acceptors (Lipinski definition) is 2. The van der Waals surface area contributed by atoms with Gasteiger partial charge >= 0.3 is 5.97 Å². The van der Waals surface area contributed by atoms with Crippen molar-refractivity contribution in [1.82, 2.24) is 0 Å². The molecule has 0 aliphatic carbocycles. The fraction of sp³-hybridized carbons (Fsp3) is 0.985. The molecule has 0 aromatic rings. The molecule has 0 bridgehead atoms. The highest BCUT2D eigenvalue weighted by Gasteiger charge is 2.04. The van der Waals surface area contributed by atoms with Gasteiger partial charge in [0.1, 0.15) is 0 Å². The van der Waals surface area contributed by atoms with Gasteiger partial charge in [0.25, 0.3) is 0 Å². The average molecular weight is 958 g/mol. The number of hydrogen-bond donors (Lipinski definition) is 0. The molecule has 408 valence electrons. The molecule has 0 saturated carbocycles. The van der Waals surface area contributed by atoms with E-state index in [9.17, 15) is 4.79 Å². The van der Waals surface area contributed by atoms with Crippen LogP contribution in [0.25, 0.3) is 0 Å². The highest BCUT2D eigenvalue weighted by atomic mass is 16.5. The second kappa shape index (κ2) is 64.5. The molecule has 0 atom stereocenters. The second-order valence-electron chi connectivity index (χ2n) is 22.8. The monoisotopic (exact) mass is 957 g/mol. The van der Waals surface area contributed by atoms with Crippen LogP contribution in [0.4, 0.5) is 0 Å². The number of carbonyl (C=O) groups is 1. The van der Waals surface area contributed by atoms with Crippen LogP contribution >= 0.6 is 0 Å². The lowest BCUT2D eigenvalue weighted by molar-refractivity contribution is -0.143. The Morgan fingerprint density at radius 3 is 0.485 bits per heavy atom. The van der Waals surface area contributed by atoms with E-state index >= 15 is 0 Å². The number of rotatable bonds is 63. The standard InChI is InChI=1S/C66H132O2/c1-3-5-7-9-11-13-15-17-19-21-23-24-25-26-27-28-29-30-31-32-33-34-35-36-37-38-39-40-41-42-43-44-45-47-49-51-53-55-57-59-61-63-65-68-66(67)64-62-60-58-56-54-52-50-48-46-22-20-18-16-14-12-10-8-6-4-2/h3-65H2,1-2H3. The van der Waals surface area contributed by atoms with Crippen LogP contribution in [0.1, 0.15) is 412 Å². The van der Waals surface area contributed by atoms with Crippen LogP contribution in [-0.4, -0.2) is 12.6 Å². The zero-order chi connectivity index (χ0) is 48.8. The largest absolute Gasteiger partial charge is 0.466 e. The molecular weight excluding hydrogens is 825 g/mol. The summed E-state index contributed by atoms with van der Waals surface area (Å²) in [7, 11) is 0. The van der Waals surface area contributed by atoms with Crippen molar-refractivity contribution in [2.75, 3.05) is 6.61 Å². The van der Waals surface area contributed by atoms with Gasteiger partial charge < -0.3 is 4.74 Å². The summed E-state index contributed by atoms with van der Waals surface area (Å²) in [5.74, 6) is 0.0361. The van der Waals surface area contributed by atoms with E-state index in [-0.39, 0.29) is 5.97 Å². The zero-order valence-corrected chi connectivity index (χ0v) is 47.9. The van der Waals surface area contributed by atoms with Crippen molar-refractivity contribution in [2.45, 2.75) is 412 Å². The van der Waals surface area contributed by atoms with Gasteiger partial charge in [-0.05, 0) is 12.8 Å². The van der Waals surface area contributed by atoms with Crippen LogP contribution < -0.4 is 0 Å². The summed E-state index contributed by atoms with van der Waals surface area (Å²) in [5.41, 5.74) is 0. The van der Waals surface area contributed by atoms with Gasteiger partial charge in [-0.25, -0.2) is 0 Å². The summed E-state index contributed by atoms with van der Waals surface area (Å²) in [5, 5.41) is 0. The maximum Gasteiger partial charge on any atom is 0.305 e. The van der Waals surface area contributed by atoms with Crippen molar-refractivity contribution in [3.63, 3.8) is 0 Å². The molecule has 0 N–H and O–H groups in total. The first-order valence-corrected chi connectivity index (χ1v) is 33.0. The minimum atomic E-state index is 0.0361. The predicted octanol–water partition coefficient (Wildman–Crippen LogP) is 24.8. The number of ether oxygens (including phenoxy) is 1. The highest BCUT2D eigenvalue weighted by molar-refractivity contribution is 5.69. The van der Waals surface area contributed by atoms with Crippen LogP contribution in [-0.2, 0) is 9.53 Å². The van der Waals surface area contributed by atoms with Crippen molar-refractivity contribution in [1.29, 1.82) is 0 Å². The zero-order valence-electron chi connectivity index (χ0n) is 47.9. The van der Waals surface area contributed by atoms with Gasteiger partial charge in [-0.15, -0.1) is 0 Å². The fourth-order valence-electron chi connectivity index (χ4n) is 10.9. The van der Waals surface area contributed by atoms with Gasteiger partial charge in [0.2, 0.25) is 0 Å². The van der Waals surface area contributed by atoms with E-state index in [1.54, 1.807) is 0 Å². The average Bonchev–Trinajstić information content (AvgIpc) is 3.35. The third kappa shape index (κ3) is 63.5. The van der Waals surface area contributed by atoms with Gasteiger partial charge in [0.05, 0.1) is 6.61 Å². The number of carbonyl (C=O) groups excluding carboxylic acids is 1. The number of unbranched alkanes of at least 4 members (excludes halogenated alkanes) is 59. The quantitative estimate of drug-likeness (QED) is 0.0449. The minimum Gasteiger partial charge on any atom is -0.466 e. The van der Waals surface area contributed by atoms with Gasteiger partial charge in [-0.2, -0.15) is 0 Å². The van der Waals surface area contributed by atoms with Crippen molar-refractivity contribution < 1.29 is 9.53 Å². The molecule has 0 aliphatic rings. The Hall–Kier alpha value is -0.530. The summed E-state index contributed by atoms with van der Waals surface area (Å²) >= 11 is 0. The van der Waals surface area contributed by atoms with Gasteiger partial charge in [0, 0.05) is 6.42 Å². The normalized spacial score (nSPS) is 11.6. The molecule has 0 unspecified atom stereocenters. The summed E-state index contributed by atoms with van der Waals surface area (Å²) in [4.78, 5) is 12.1. The van der Waals surface area contributed by atoms with Crippen LogP contribution in [0.15, 0.2) is 0 Å². The summed E-state index contributed by atoms with van der Waals surface area (Å²) in [6, 6.07) is 0. The SMILES string of the molecule is CCCCCCCCCCCCCCCCCCCCCCCCCCCCCCCCCCCCCCCCCCCCOC(=O)CCCCCCCCCCCCCCCCCCCCC. The van der Waals surface area contributed by atoms with E-state index in [2.05, 4.69) is 13.8 Å². The summed E-state index contributed by atoms with van der Waals surface area (Å²) < 4.78 is 5.52. The van der Waals surface area contributed by atoms with E-state index in [0.717, 1.165) is 12.8 Å². The molecule has 0 amide bonds. The first-order valence-electron chi connectivity index (χ1n) is 33.0. The Labute approximate surface area is 432 Å². The van der Waals surface area contributed by atoms with Crippen molar-refractivity contribution >= 4 is 5.97 Å². The molecule has 2 heteroatoms. The molecule has 0 aliphatic heterocycles. The Morgan fingerprint density at radius 1 is 0.191 bits per heavy atom. The Balaban J connectivity index is 3.13. The lowest BCUT2D eigenvalue weighted by Gasteiger charge is -2.06. The Bertz CT molecular complexity index is 867. The molecule has 0 aromatic carbocycles. The summed E-state index contributed by atoms with van der Waals surface area (Å²) in [6.07, 6.45) is 87.8. The first-order chi connectivity index (χ1) is 33.8. The minimum absolute atomic E-state index is 0.0361. The van der Waals surface area contributed by atoms with Crippen LogP contribution in [0.5, 0.6) is 0 Å². The molecule has 0 heterocycles. The highest BCUT2D eigenvalue weighted by Crippen LogP contribution is 2.19. The van der Waals surface area contributed by atoms with Crippen LogP contribution in [0.2, 0.25) is 0 Å². The van der Waals surface area contributed by atoms with Crippen LogP contribution in [0, 0.1) is 0 Å². The molecule has 68 heavy (non-hydrogen) atoms. The van der Waals surface area contributed by atoms with Crippen LogP contribution in [0.3, 0.4) is 0 Å². The predicted molar refractivity (Wildman–Crippen MR) is 309 cm³/mol. The van der Waals surface area contributed by atoms with E-state index in [1.165, 1.54) is 379 Å². The second-order valence-corrected chi connectivity index (χ2v) is 22.8. The van der Waals surface area contributed by atoms with Crippen molar-refractivity contribution in [3.8, 4) is 0 Å². The Morgan fingerprint density at radius 2 is 0.324 bits per heavy atom. The molecule has 0 saturated heterocycles. The molecular formula is C66H132O2. The third-order valence-corrected chi connectivity index (χ3v) is 15.7. The molecule has 0 fully saturated rings. The van der Waals surface area contributed by atoms with E-state index in [0.29, 0.717) is 13.0 Å². The molecule has 0 rings (SSSR count). The lowest BCUT2D eigenvalue weighted by Crippen LogP contribution is -2.05. The van der Waals surface area contributed by atoms with Crippen molar-refractivity contribution in [2.24, 2.45) is 0 Å². The maximum absolute atomic E-state index is 12.1. The van der Waals surface area contributed by atoms with Crippen molar-refractivity contribution in [3.05, 3.63) is 0 Å². The molecule has 0 radical (unpaired) electrons. The number of esters is 1. The topological polar surface area (TPSA) is 26.3 Å². The molecule has 0 aromatic heterocycles. The summed E-state index contributed by atoms with van der Waals surface area (Å²) in [6.45, 7) is 5.25. The maximum atomic E-state index is 12.1. The van der Waals surface area contributed by atoms with Gasteiger partial charge in [-0.1, -0.05) is 393 Å². The van der Waals surface area contributed by atoms with Gasteiger partial charge in [0.15, 0.2) is 0 Å². The lowest BCUT2D eigenvalue weighted by atomic mass is 10.0. The fourth-order valence-corrected chi connectivity index (χ4v) is 10.9. The first kappa shape index (κ1) is 67.5. The van der Waals surface area contributed by atoms with E-state index in [4.69, 9.17) is 4.74 Å². The van der Waals surface area contributed by atoms with Gasteiger partial charge in [-0.3, -0.25) is 4.79 Å².